The van der Waals surface area contributed by atoms with E-state index in [1.807, 2.05) is 4.72 Å². The highest BCUT2D eigenvalue weighted by Crippen LogP contribution is 2.36. The number of sulfonamides is 2. The molecule has 0 saturated carbocycles. The van der Waals surface area contributed by atoms with Gasteiger partial charge in [0.25, 0.3) is 10.0 Å². The first-order valence-corrected chi connectivity index (χ1v) is 9.74. The van der Waals surface area contributed by atoms with Crippen molar-refractivity contribution in [1.82, 2.24) is 0 Å². The minimum Gasteiger partial charge on any atom is -0.280 e. The van der Waals surface area contributed by atoms with Gasteiger partial charge in [0, 0.05) is 5.69 Å². The molecule has 2 aromatic carbocycles. The Morgan fingerprint density at radius 2 is 1.44 bits per heavy atom. The molecule has 0 spiro atoms. The first kappa shape index (κ1) is 19.5. The first-order chi connectivity index (χ1) is 11.3. The largest absolute Gasteiger partial charge is 0.417 e. The maximum Gasteiger partial charge on any atom is 0.417 e. The van der Waals surface area contributed by atoms with Crippen molar-refractivity contribution in [1.29, 1.82) is 0 Å². The van der Waals surface area contributed by atoms with Gasteiger partial charge in [-0.25, -0.2) is 22.0 Å². The number of rotatable bonds is 4. The van der Waals surface area contributed by atoms with Gasteiger partial charge < -0.3 is 0 Å². The Balaban J connectivity index is 2.36. The highest BCUT2D eigenvalue weighted by Gasteiger charge is 2.33. The number of hydrogen-bond donors (Lipinski definition) is 2. The monoisotopic (exact) mass is 414 g/mol. The van der Waals surface area contributed by atoms with E-state index in [2.05, 4.69) is 0 Å². The summed E-state index contributed by atoms with van der Waals surface area (Å²) in [4.78, 5) is -0.666. The summed E-state index contributed by atoms with van der Waals surface area (Å²) in [5.74, 6) is 0. The Bertz CT molecular complexity index is 1000. The lowest BCUT2D eigenvalue weighted by Gasteiger charge is -2.13. The zero-order valence-corrected chi connectivity index (χ0v) is 14.5. The fraction of sp³-hybridized carbons (Fsp3) is 0.0769. The van der Waals surface area contributed by atoms with Crippen LogP contribution in [-0.4, -0.2) is 16.8 Å². The SMILES string of the molecule is NS(=O)(=O)c1ccc(S(=O)(=O)Nc2ccc(Cl)c(C(F)(F)F)c2)cc1. The molecule has 136 valence electrons. The van der Waals surface area contributed by atoms with E-state index in [-0.39, 0.29) is 15.5 Å². The van der Waals surface area contributed by atoms with Crippen LogP contribution in [0, 0.1) is 0 Å². The highest BCUT2D eigenvalue weighted by atomic mass is 35.5. The van der Waals surface area contributed by atoms with Gasteiger partial charge in [-0.05, 0) is 42.5 Å². The predicted molar refractivity (Wildman–Crippen MR) is 85.1 cm³/mol. The van der Waals surface area contributed by atoms with Gasteiger partial charge in [0.05, 0.1) is 20.4 Å². The van der Waals surface area contributed by atoms with Gasteiger partial charge in [-0.15, -0.1) is 0 Å². The molecule has 2 rings (SSSR count). The van der Waals surface area contributed by atoms with Crippen LogP contribution in [0.15, 0.2) is 52.3 Å². The molecule has 3 N–H and O–H groups in total. The van der Waals surface area contributed by atoms with E-state index < -0.39 is 36.8 Å². The van der Waals surface area contributed by atoms with Crippen LogP contribution in [0.25, 0.3) is 0 Å². The number of nitrogens with two attached hydrogens (primary N) is 1. The molecular weight excluding hydrogens is 405 g/mol. The highest BCUT2D eigenvalue weighted by molar-refractivity contribution is 7.92. The summed E-state index contributed by atoms with van der Waals surface area (Å²) in [6.07, 6.45) is -4.75. The topological polar surface area (TPSA) is 106 Å². The molecule has 0 radical (unpaired) electrons. The minimum atomic E-state index is -4.75. The van der Waals surface area contributed by atoms with Gasteiger partial charge in [0.15, 0.2) is 0 Å². The van der Waals surface area contributed by atoms with Crippen molar-refractivity contribution in [3.05, 3.63) is 53.1 Å². The predicted octanol–water partition coefficient (Wildman–Crippen LogP) is 2.81. The second-order valence-corrected chi connectivity index (χ2v) is 8.47. The second-order valence-electron chi connectivity index (χ2n) is 4.81. The summed E-state index contributed by atoms with van der Waals surface area (Å²) in [7, 11) is -8.25. The van der Waals surface area contributed by atoms with Crippen LogP contribution < -0.4 is 9.86 Å². The molecule has 0 unspecified atom stereocenters. The number of hydrogen-bond acceptors (Lipinski definition) is 4. The number of halogens is 4. The third-order valence-corrected chi connectivity index (χ3v) is 5.64. The van der Waals surface area contributed by atoms with E-state index >= 15 is 0 Å². The lowest BCUT2D eigenvalue weighted by atomic mass is 10.2. The number of benzene rings is 2. The molecule has 0 fully saturated rings. The first-order valence-electron chi connectivity index (χ1n) is 6.33. The van der Waals surface area contributed by atoms with E-state index in [1.165, 1.54) is 0 Å². The number of anilines is 1. The summed E-state index contributed by atoms with van der Waals surface area (Å²) in [6, 6.07) is 6.38. The molecule has 2 aromatic rings. The fourth-order valence-electron chi connectivity index (χ4n) is 1.83. The maximum absolute atomic E-state index is 12.8. The fourth-order valence-corrected chi connectivity index (χ4v) is 3.62. The summed E-state index contributed by atoms with van der Waals surface area (Å²) >= 11 is 5.46. The van der Waals surface area contributed by atoms with Crippen LogP contribution in [0.1, 0.15) is 5.56 Å². The minimum absolute atomic E-state index is 0.308. The number of alkyl halides is 3. The lowest BCUT2D eigenvalue weighted by Crippen LogP contribution is -2.15. The molecule has 0 heterocycles. The van der Waals surface area contributed by atoms with Crippen molar-refractivity contribution in [2.24, 2.45) is 5.14 Å². The van der Waals surface area contributed by atoms with Gasteiger partial charge in [0.2, 0.25) is 10.0 Å². The van der Waals surface area contributed by atoms with Crippen molar-refractivity contribution in [2.75, 3.05) is 4.72 Å². The van der Waals surface area contributed by atoms with E-state index in [4.69, 9.17) is 16.7 Å². The van der Waals surface area contributed by atoms with E-state index in [1.54, 1.807) is 0 Å². The Kier molecular flexibility index (Phi) is 5.06. The molecule has 0 atom stereocenters. The van der Waals surface area contributed by atoms with Crippen LogP contribution in [0.3, 0.4) is 0 Å². The van der Waals surface area contributed by atoms with Crippen LogP contribution in [0.4, 0.5) is 18.9 Å². The Hall–Kier alpha value is -1.82. The van der Waals surface area contributed by atoms with Gasteiger partial charge >= 0.3 is 6.18 Å². The van der Waals surface area contributed by atoms with Crippen LogP contribution in [0.5, 0.6) is 0 Å². The van der Waals surface area contributed by atoms with Gasteiger partial charge in [-0.1, -0.05) is 11.6 Å². The standard InChI is InChI=1S/C13H10ClF3N2O4S2/c14-12-6-1-8(7-11(12)13(15,16)17)19-25(22,23)10-4-2-9(3-5-10)24(18,20)21/h1-7,19H,(H2,18,20,21). The summed E-state index contributed by atoms with van der Waals surface area (Å²) in [5.41, 5.74) is -1.55. The zero-order chi connectivity index (χ0) is 19.0. The van der Waals surface area contributed by atoms with Crippen molar-refractivity contribution in [3.63, 3.8) is 0 Å². The molecule has 25 heavy (non-hydrogen) atoms. The number of nitrogens with one attached hydrogen (secondary N) is 1. The molecule has 0 amide bonds. The van der Waals surface area contributed by atoms with Crippen molar-refractivity contribution < 1.29 is 30.0 Å². The Labute approximate surface area is 146 Å². The summed E-state index contributed by atoms with van der Waals surface area (Å²) in [6.45, 7) is 0. The zero-order valence-electron chi connectivity index (χ0n) is 12.1. The Morgan fingerprint density at radius 3 is 1.92 bits per heavy atom. The third kappa shape index (κ3) is 4.63. The molecule has 0 aliphatic rings. The van der Waals surface area contributed by atoms with Crippen molar-refractivity contribution >= 4 is 37.3 Å². The summed E-state index contributed by atoms with van der Waals surface area (Å²) < 4.78 is 87.1. The maximum atomic E-state index is 12.8. The van der Waals surface area contributed by atoms with Gasteiger partial charge in [-0.2, -0.15) is 13.2 Å². The summed E-state index contributed by atoms with van der Waals surface area (Å²) in [5, 5.41) is 4.32. The molecule has 0 bridgehead atoms. The Morgan fingerprint density at radius 1 is 0.920 bits per heavy atom. The van der Waals surface area contributed by atoms with Crippen LogP contribution in [-0.2, 0) is 26.2 Å². The molecule has 12 heteroatoms. The molecule has 0 aliphatic heterocycles. The molecule has 0 aromatic heterocycles. The van der Waals surface area contributed by atoms with E-state index in [0.717, 1.165) is 36.4 Å². The molecule has 6 nitrogen and oxygen atoms in total. The van der Waals surface area contributed by atoms with Gasteiger partial charge in [0.1, 0.15) is 0 Å². The molecular formula is C13H10ClF3N2O4S2. The van der Waals surface area contributed by atoms with E-state index in [9.17, 15) is 30.0 Å². The average molecular weight is 415 g/mol. The normalized spacial score (nSPS) is 12.8. The second kappa shape index (κ2) is 6.48. The average Bonchev–Trinajstić information content (AvgIpc) is 2.47. The van der Waals surface area contributed by atoms with Crippen molar-refractivity contribution in [3.8, 4) is 0 Å². The molecule has 0 aliphatic carbocycles. The van der Waals surface area contributed by atoms with Gasteiger partial charge in [-0.3, -0.25) is 4.72 Å². The van der Waals surface area contributed by atoms with E-state index in [0.29, 0.717) is 6.07 Å². The number of primary sulfonamides is 1. The smallest absolute Gasteiger partial charge is 0.280 e. The van der Waals surface area contributed by atoms with Crippen LogP contribution >= 0.6 is 11.6 Å². The van der Waals surface area contributed by atoms with Crippen molar-refractivity contribution in [2.45, 2.75) is 16.0 Å². The van der Waals surface area contributed by atoms with Crippen LogP contribution in [0.2, 0.25) is 5.02 Å². The molecule has 0 saturated heterocycles. The third-order valence-electron chi connectivity index (χ3n) is 2.99. The quantitative estimate of drug-likeness (QED) is 0.802. The lowest BCUT2D eigenvalue weighted by molar-refractivity contribution is -0.137.